The number of nitrogens with one attached hydrogen (secondary N) is 1. The van der Waals surface area contributed by atoms with Crippen molar-refractivity contribution in [2.75, 3.05) is 16.8 Å². The molecule has 1 N–H and O–H groups in total. The van der Waals surface area contributed by atoms with E-state index in [-0.39, 0.29) is 36.4 Å². The second-order valence-corrected chi connectivity index (χ2v) is 7.33. The molecule has 1 aliphatic heterocycles. The van der Waals surface area contributed by atoms with Gasteiger partial charge in [0.1, 0.15) is 5.75 Å². The minimum Gasteiger partial charge on any atom is -0.406 e. The zero-order valence-corrected chi connectivity index (χ0v) is 16.7. The van der Waals surface area contributed by atoms with Gasteiger partial charge in [-0.1, -0.05) is 32.0 Å². The molecule has 2 atom stereocenters. The molecule has 8 heteroatoms. The highest BCUT2D eigenvalue weighted by molar-refractivity contribution is 6.03. The van der Waals surface area contributed by atoms with Crippen LogP contribution in [0.4, 0.5) is 24.5 Å². The number of rotatable bonds is 6. The maximum Gasteiger partial charge on any atom is 0.573 e. The molecule has 0 radical (unpaired) electrons. The van der Waals surface area contributed by atoms with Gasteiger partial charge in [0, 0.05) is 24.3 Å². The molecule has 0 spiro atoms. The quantitative estimate of drug-likeness (QED) is 0.708. The van der Waals surface area contributed by atoms with E-state index in [4.69, 9.17) is 0 Å². The van der Waals surface area contributed by atoms with Crippen LogP contribution in [0.3, 0.4) is 0 Å². The van der Waals surface area contributed by atoms with Crippen molar-refractivity contribution in [3.05, 3.63) is 54.1 Å². The van der Waals surface area contributed by atoms with Crippen molar-refractivity contribution in [3.63, 3.8) is 0 Å². The van der Waals surface area contributed by atoms with Crippen molar-refractivity contribution < 1.29 is 27.5 Å². The number of alkyl halides is 3. The lowest BCUT2D eigenvalue weighted by atomic mass is 9.96. The number of para-hydroxylation sites is 1. The molecule has 2 aromatic carbocycles. The lowest BCUT2D eigenvalue weighted by molar-refractivity contribution is -0.274. The SMILES string of the molecule is CC[C@H](C)c1ccccc1N1C[C@@H](C(=O)Nc2ccc(OC(F)(F)F)cc2)CC1=O. The summed E-state index contributed by atoms with van der Waals surface area (Å²) >= 11 is 0. The van der Waals surface area contributed by atoms with E-state index in [1.807, 2.05) is 24.3 Å². The van der Waals surface area contributed by atoms with Gasteiger partial charge in [-0.3, -0.25) is 9.59 Å². The molecule has 2 amide bonds. The zero-order chi connectivity index (χ0) is 21.9. The molecule has 3 rings (SSSR count). The van der Waals surface area contributed by atoms with Crippen LogP contribution in [0.25, 0.3) is 0 Å². The van der Waals surface area contributed by atoms with Crippen molar-refractivity contribution in [1.82, 2.24) is 0 Å². The summed E-state index contributed by atoms with van der Waals surface area (Å²) in [7, 11) is 0. The summed E-state index contributed by atoms with van der Waals surface area (Å²) in [6.45, 7) is 4.43. The molecular formula is C22H23F3N2O3. The van der Waals surface area contributed by atoms with Crippen LogP contribution in [0.1, 0.15) is 38.2 Å². The summed E-state index contributed by atoms with van der Waals surface area (Å²) in [5, 5.41) is 2.66. The molecule has 2 aromatic rings. The molecule has 30 heavy (non-hydrogen) atoms. The lowest BCUT2D eigenvalue weighted by Gasteiger charge is -2.23. The van der Waals surface area contributed by atoms with E-state index >= 15 is 0 Å². The van der Waals surface area contributed by atoms with Crippen LogP contribution in [0, 0.1) is 5.92 Å². The molecule has 0 aliphatic carbocycles. The summed E-state index contributed by atoms with van der Waals surface area (Å²) in [5.74, 6) is -1.12. The van der Waals surface area contributed by atoms with Gasteiger partial charge in [0.2, 0.25) is 11.8 Å². The summed E-state index contributed by atoms with van der Waals surface area (Å²) < 4.78 is 40.5. The summed E-state index contributed by atoms with van der Waals surface area (Å²) in [5.41, 5.74) is 2.22. The fourth-order valence-corrected chi connectivity index (χ4v) is 3.47. The number of halogens is 3. The Labute approximate surface area is 172 Å². The maximum absolute atomic E-state index is 12.6. The van der Waals surface area contributed by atoms with Crippen molar-refractivity contribution >= 4 is 23.2 Å². The Morgan fingerprint density at radius 2 is 1.87 bits per heavy atom. The van der Waals surface area contributed by atoms with E-state index in [9.17, 15) is 22.8 Å². The van der Waals surface area contributed by atoms with Crippen molar-refractivity contribution in [1.29, 1.82) is 0 Å². The zero-order valence-electron chi connectivity index (χ0n) is 16.7. The molecule has 0 saturated carbocycles. The molecule has 5 nitrogen and oxygen atoms in total. The first-order valence-electron chi connectivity index (χ1n) is 9.74. The predicted octanol–water partition coefficient (Wildman–Crippen LogP) is 5.09. The number of benzene rings is 2. The van der Waals surface area contributed by atoms with Crippen molar-refractivity contribution in [3.8, 4) is 5.75 Å². The first kappa shape index (κ1) is 21.7. The first-order chi connectivity index (χ1) is 14.2. The summed E-state index contributed by atoms with van der Waals surface area (Å²) in [4.78, 5) is 26.9. The molecule has 1 aliphatic rings. The molecule has 1 saturated heterocycles. The highest BCUT2D eigenvalue weighted by atomic mass is 19.4. The number of nitrogens with zero attached hydrogens (tertiary/aromatic N) is 1. The van der Waals surface area contributed by atoms with Gasteiger partial charge in [0.05, 0.1) is 5.92 Å². The number of hydrogen-bond acceptors (Lipinski definition) is 3. The van der Waals surface area contributed by atoms with Crippen LogP contribution >= 0.6 is 0 Å². The van der Waals surface area contributed by atoms with E-state index in [1.54, 1.807) is 4.90 Å². The van der Waals surface area contributed by atoms with Crippen LogP contribution in [0.2, 0.25) is 0 Å². The predicted molar refractivity (Wildman–Crippen MR) is 107 cm³/mol. The number of carbonyl (C=O) groups is 2. The topological polar surface area (TPSA) is 58.6 Å². The Kier molecular flexibility index (Phi) is 6.34. The minimum absolute atomic E-state index is 0.0793. The van der Waals surface area contributed by atoms with Gasteiger partial charge >= 0.3 is 6.36 Å². The Bertz CT molecular complexity index is 913. The van der Waals surface area contributed by atoms with Crippen LogP contribution in [-0.4, -0.2) is 24.7 Å². The Balaban J connectivity index is 1.67. The Morgan fingerprint density at radius 3 is 2.50 bits per heavy atom. The molecule has 0 unspecified atom stereocenters. The Morgan fingerprint density at radius 1 is 1.20 bits per heavy atom. The van der Waals surface area contributed by atoms with Gasteiger partial charge in [-0.25, -0.2) is 0 Å². The van der Waals surface area contributed by atoms with Gasteiger partial charge in [0.15, 0.2) is 0 Å². The van der Waals surface area contributed by atoms with Gasteiger partial charge in [-0.15, -0.1) is 13.2 Å². The minimum atomic E-state index is -4.77. The van der Waals surface area contributed by atoms with Gasteiger partial charge in [-0.2, -0.15) is 0 Å². The van der Waals surface area contributed by atoms with Crippen LogP contribution in [0.15, 0.2) is 48.5 Å². The summed E-state index contributed by atoms with van der Waals surface area (Å²) in [6.07, 6.45) is -3.77. The first-order valence-corrected chi connectivity index (χ1v) is 9.74. The summed E-state index contributed by atoms with van der Waals surface area (Å²) in [6, 6.07) is 12.6. The number of carbonyl (C=O) groups excluding carboxylic acids is 2. The van der Waals surface area contributed by atoms with Crippen LogP contribution < -0.4 is 15.0 Å². The average molecular weight is 420 g/mol. The van der Waals surface area contributed by atoms with E-state index in [1.165, 1.54) is 12.1 Å². The van der Waals surface area contributed by atoms with E-state index in [0.717, 1.165) is 29.8 Å². The van der Waals surface area contributed by atoms with Gasteiger partial charge in [0.25, 0.3) is 0 Å². The Hall–Kier alpha value is -3.03. The molecule has 160 valence electrons. The monoisotopic (exact) mass is 420 g/mol. The number of anilines is 2. The highest BCUT2D eigenvalue weighted by Crippen LogP contribution is 2.34. The third-order valence-corrected chi connectivity index (χ3v) is 5.22. The second-order valence-electron chi connectivity index (χ2n) is 7.33. The normalized spacial score (nSPS) is 17.7. The molecule has 0 bridgehead atoms. The van der Waals surface area contributed by atoms with Gasteiger partial charge in [-0.05, 0) is 48.2 Å². The molecule has 1 fully saturated rings. The van der Waals surface area contributed by atoms with E-state index < -0.39 is 12.3 Å². The fraction of sp³-hybridized carbons (Fsp3) is 0.364. The van der Waals surface area contributed by atoms with Gasteiger partial charge < -0.3 is 15.0 Å². The number of ether oxygens (including phenoxy) is 1. The molecular weight excluding hydrogens is 397 g/mol. The maximum atomic E-state index is 12.6. The number of amides is 2. The largest absolute Gasteiger partial charge is 0.573 e. The average Bonchev–Trinajstić information content (AvgIpc) is 3.09. The highest BCUT2D eigenvalue weighted by Gasteiger charge is 2.36. The second kappa shape index (κ2) is 8.77. The smallest absolute Gasteiger partial charge is 0.406 e. The third kappa shape index (κ3) is 5.11. The number of hydrogen-bond donors (Lipinski definition) is 1. The molecule has 1 heterocycles. The standard InChI is InChI=1S/C22H23F3N2O3/c1-3-14(2)18-6-4-5-7-19(18)27-13-15(12-20(27)28)21(29)26-16-8-10-17(11-9-16)30-22(23,24)25/h4-11,14-15H,3,12-13H2,1-2H3,(H,26,29)/t14-,15-/m0/s1. The molecule has 0 aromatic heterocycles. The van der Waals surface area contributed by atoms with Crippen LogP contribution in [0.5, 0.6) is 5.75 Å². The van der Waals surface area contributed by atoms with E-state index in [2.05, 4.69) is 23.9 Å². The van der Waals surface area contributed by atoms with E-state index in [0.29, 0.717) is 5.69 Å². The third-order valence-electron chi connectivity index (χ3n) is 5.22. The fourth-order valence-electron chi connectivity index (χ4n) is 3.47. The van der Waals surface area contributed by atoms with Crippen LogP contribution in [-0.2, 0) is 9.59 Å². The van der Waals surface area contributed by atoms with Crippen molar-refractivity contribution in [2.45, 2.75) is 39.0 Å². The lowest BCUT2D eigenvalue weighted by Crippen LogP contribution is -2.29. The van der Waals surface area contributed by atoms with Crippen molar-refractivity contribution in [2.24, 2.45) is 5.92 Å².